The lowest BCUT2D eigenvalue weighted by molar-refractivity contribution is 0.0214. The van der Waals surface area contributed by atoms with Crippen molar-refractivity contribution in [3.63, 3.8) is 0 Å². The first-order valence-electron chi connectivity index (χ1n) is 13.3. The summed E-state index contributed by atoms with van der Waals surface area (Å²) in [7, 11) is 0. The van der Waals surface area contributed by atoms with Crippen molar-refractivity contribution in [3.8, 4) is 0 Å². The zero-order chi connectivity index (χ0) is 26.3. The molecule has 2 aromatic rings. The van der Waals surface area contributed by atoms with E-state index in [0.29, 0.717) is 37.8 Å². The van der Waals surface area contributed by atoms with Gasteiger partial charge in [0.05, 0.1) is 11.7 Å². The minimum Gasteiger partial charge on any atom is -0.444 e. The molecule has 0 unspecified atom stereocenters. The molecule has 3 fully saturated rings. The number of nitrogens with one attached hydrogen (secondary N) is 1. The summed E-state index contributed by atoms with van der Waals surface area (Å²) in [4.78, 5) is 31.5. The molecule has 2 bridgehead atoms. The van der Waals surface area contributed by atoms with Gasteiger partial charge in [0.1, 0.15) is 17.1 Å². The van der Waals surface area contributed by atoms with Crippen molar-refractivity contribution in [1.29, 1.82) is 0 Å². The van der Waals surface area contributed by atoms with Crippen molar-refractivity contribution in [2.75, 3.05) is 36.4 Å². The van der Waals surface area contributed by atoms with Crippen molar-refractivity contribution in [2.24, 2.45) is 0 Å². The van der Waals surface area contributed by atoms with Crippen LogP contribution in [0.5, 0.6) is 0 Å². The molecule has 3 aliphatic heterocycles. The normalized spacial score (nSPS) is 21.9. The average Bonchev–Trinajstić information content (AvgIpc) is 3.46. The molecule has 3 heterocycles. The highest BCUT2D eigenvalue weighted by atomic mass is 19.1. The van der Waals surface area contributed by atoms with Gasteiger partial charge in [-0.15, -0.1) is 0 Å². The van der Waals surface area contributed by atoms with Gasteiger partial charge < -0.3 is 24.8 Å². The standard InChI is InChI=1S/C29H37FN4O3/c1-19-8-10-20(11-9-19)21-12-14-32(15-13-21)27(35)31-26-24(30)6-5-7-25(26)33-17-23-16-22(33)18-34(23)28(36)37-29(2,3)4/h5-11,21-23H,12-18H2,1-4H3,(H,31,35)/t22-,23-/m0/s1. The zero-order valence-corrected chi connectivity index (χ0v) is 22.2. The summed E-state index contributed by atoms with van der Waals surface area (Å²) in [6, 6.07) is 13.3. The minimum absolute atomic E-state index is 0.00692. The summed E-state index contributed by atoms with van der Waals surface area (Å²) in [6.07, 6.45) is 2.27. The van der Waals surface area contributed by atoms with E-state index in [1.807, 2.05) is 26.8 Å². The maximum Gasteiger partial charge on any atom is 0.410 e. The van der Waals surface area contributed by atoms with Crippen LogP contribution >= 0.6 is 0 Å². The van der Waals surface area contributed by atoms with Gasteiger partial charge in [0.25, 0.3) is 0 Å². The van der Waals surface area contributed by atoms with Gasteiger partial charge in [0.2, 0.25) is 0 Å². The number of likely N-dealkylation sites (tertiary alicyclic amines) is 2. The molecule has 0 aliphatic carbocycles. The van der Waals surface area contributed by atoms with E-state index in [-0.39, 0.29) is 29.9 Å². The number of carbonyl (C=O) groups is 2. The number of anilines is 2. The highest BCUT2D eigenvalue weighted by molar-refractivity contribution is 5.93. The molecule has 3 saturated heterocycles. The fraction of sp³-hybridized carbons (Fsp3) is 0.517. The number of fused-ring (bicyclic) bond motifs is 2. The Morgan fingerprint density at radius 1 is 1.00 bits per heavy atom. The highest BCUT2D eigenvalue weighted by Crippen LogP contribution is 2.40. The Bertz CT molecular complexity index is 1150. The lowest BCUT2D eigenvalue weighted by atomic mass is 9.89. The zero-order valence-electron chi connectivity index (χ0n) is 22.2. The van der Waals surface area contributed by atoms with Gasteiger partial charge in [0.15, 0.2) is 0 Å². The molecule has 198 valence electrons. The number of rotatable bonds is 3. The van der Waals surface area contributed by atoms with Crippen LogP contribution in [-0.4, -0.2) is 65.8 Å². The summed E-state index contributed by atoms with van der Waals surface area (Å²) in [6.45, 7) is 10.0. The van der Waals surface area contributed by atoms with Crippen LogP contribution in [0.25, 0.3) is 0 Å². The molecule has 0 saturated carbocycles. The molecular formula is C29H37FN4O3. The second-order valence-electron chi connectivity index (χ2n) is 11.6. The first-order valence-corrected chi connectivity index (χ1v) is 13.3. The molecule has 0 spiro atoms. The van der Waals surface area contributed by atoms with E-state index in [9.17, 15) is 9.59 Å². The van der Waals surface area contributed by atoms with Crippen LogP contribution in [0.2, 0.25) is 0 Å². The first kappa shape index (κ1) is 25.4. The topological polar surface area (TPSA) is 65.1 Å². The molecule has 3 amide bonds. The fourth-order valence-electron chi connectivity index (χ4n) is 5.82. The number of para-hydroxylation sites is 1. The molecule has 37 heavy (non-hydrogen) atoms. The van der Waals surface area contributed by atoms with Gasteiger partial charge in [-0.25, -0.2) is 14.0 Å². The largest absolute Gasteiger partial charge is 0.444 e. The summed E-state index contributed by atoms with van der Waals surface area (Å²) >= 11 is 0. The van der Waals surface area contributed by atoms with Crippen LogP contribution in [0.4, 0.5) is 25.4 Å². The predicted molar refractivity (Wildman–Crippen MR) is 143 cm³/mol. The van der Waals surface area contributed by atoms with Crippen molar-refractivity contribution in [2.45, 2.75) is 70.6 Å². The summed E-state index contributed by atoms with van der Waals surface area (Å²) in [5.41, 5.74) is 2.88. The fourth-order valence-corrected chi connectivity index (χ4v) is 5.82. The molecule has 3 aliphatic rings. The first-order chi connectivity index (χ1) is 17.6. The Hall–Kier alpha value is -3.29. The van der Waals surface area contributed by atoms with Crippen molar-refractivity contribution < 1.29 is 18.7 Å². The second kappa shape index (κ2) is 9.88. The monoisotopic (exact) mass is 508 g/mol. The van der Waals surface area contributed by atoms with Crippen LogP contribution in [-0.2, 0) is 4.74 Å². The third-order valence-electron chi connectivity index (χ3n) is 7.73. The third-order valence-corrected chi connectivity index (χ3v) is 7.73. The number of hydrogen-bond donors (Lipinski definition) is 1. The lowest BCUT2D eigenvalue weighted by Crippen LogP contribution is -2.50. The molecule has 2 atom stereocenters. The highest BCUT2D eigenvalue weighted by Gasteiger charge is 2.47. The summed E-state index contributed by atoms with van der Waals surface area (Å²) in [5, 5.41) is 2.88. The van der Waals surface area contributed by atoms with Crippen LogP contribution < -0.4 is 10.2 Å². The van der Waals surface area contributed by atoms with E-state index in [4.69, 9.17) is 4.74 Å². The van der Waals surface area contributed by atoms with Gasteiger partial charge in [-0.05, 0) is 70.6 Å². The molecule has 8 heteroatoms. The summed E-state index contributed by atoms with van der Waals surface area (Å²) < 4.78 is 20.6. The van der Waals surface area contributed by atoms with Crippen molar-refractivity contribution in [3.05, 3.63) is 59.4 Å². The second-order valence-corrected chi connectivity index (χ2v) is 11.6. The molecule has 5 rings (SSSR count). The van der Waals surface area contributed by atoms with E-state index >= 15 is 4.39 Å². The Morgan fingerprint density at radius 2 is 1.70 bits per heavy atom. The molecule has 2 aromatic carbocycles. The molecule has 7 nitrogen and oxygen atoms in total. The van der Waals surface area contributed by atoms with Crippen molar-refractivity contribution in [1.82, 2.24) is 9.80 Å². The number of piperidine rings is 1. The predicted octanol–water partition coefficient (Wildman–Crippen LogP) is 5.74. The van der Waals surface area contributed by atoms with E-state index in [0.717, 1.165) is 19.3 Å². The van der Waals surface area contributed by atoms with E-state index in [2.05, 4.69) is 41.4 Å². The van der Waals surface area contributed by atoms with Gasteiger partial charge >= 0.3 is 12.1 Å². The van der Waals surface area contributed by atoms with Gasteiger partial charge in [-0.3, -0.25) is 0 Å². The molecule has 1 N–H and O–H groups in total. The van der Waals surface area contributed by atoms with E-state index in [1.54, 1.807) is 15.9 Å². The number of urea groups is 1. The molecule has 0 radical (unpaired) electrons. The minimum atomic E-state index is -0.548. The van der Waals surface area contributed by atoms with Crippen LogP contribution in [0, 0.1) is 12.7 Å². The number of benzene rings is 2. The van der Waals surface area contributed by atoms with Gasteiger partial charge in [-0.1, -0.05) is 35.9 Å². The number of hydrogen-bond acceptors (Lipinski definition) is 4. The number of ether oxygens (including phenoxy) is 1. The van der Waals surface area contributed by atoms with Gasteiger partial charge in [-0.2, -0.15) is 0 Å². The number of halogens is 1. The number of amides is 3. The number of nitrogens with zero attached hydrogens (tertiary/aromatic N) is 3. The maximum absolute atomic E-state index is 15.0. The number of carbonyl (C=O) groups excluding carboxylic acids is 2. The Labute approximate surface area is 218 Å². The Balaban J connectivity index is 1.23. The number of aryl methyl sites for hydroxylation is 1. The number of piperazine rings is 1. The quantitative estimate of drug-likeness (QED) is 0.574. The van der Waals surface area contributed by atoms with E-state index < -0.39 is 11.4 Å². The smallest absolute Gasteiger partial charge is 0.410 e. The summed E-state index contributed by atoms with van der Waals surface area (Å²) in [5.74, 6) is -0.0195. The van der Waals surface area contributed by atoms with Crippen molar-refractivity contribution >= 4 is 23.5 Å². The molecule has 0 aromatic heterocycles. The third kappa shape index (κ3) is 5.38. The lowest BCUT2D eigenvalue weighted by Gasteiger charge is -2.37. The maximum atomic E-state index is 15.0. The SMILES string of the molecule is Cc1ccc(C2CCN(C(=O)Nc3c(F)cccc3N3C[C@@H]4C[C@H]3CN4C(=O)OC(C)(C)C)CC2)cc1. The van der Waals surface area contributed by atoms with Gasteiger partial charge in [0, 0.05) is 32.2 Å². The Kier molecular flexibility index (Phi) is 6.77. The average molecular weight is 509 g/mol. The van der Waals surface area contributed by atoms with Crippen LogP contribution in [0.3, 0.4) is 0 Å². The Morgan fingerprint density at radius 3 is 2.32 bits per heavy atom. The van der Waals surface area contributed by atoms with Crippen LogP contribution in [0.1, 0.15) is 57.1 Å². The molecular weight excluding hydrogens is 471 g/mol. The van der Waals surface area contributed by atoms with E-state index in [1.165, 1.54) is 17.2 Å². The van der Waals surface area contributed by atoms with Crippen LogP contribution in [0.15, 0.2) is 42.5 Å².